The summed E-state index contributed by atoms with van der Waals surface area (Å²) in [4.78, 5) is 0.118. The summed E-state index contributed by atoms with van der Waals surface area (Å²) >= 11 is 0. The van der Waals surface area contributed by atoms with E-state index in [4.69, 9.17) is 4.74 Å². The van der Waals surface area contributed by atoms with Gasteiger partial charge < -0.3 is 4.74 Å². The first-order valence-corrected chi connectivity index (χ1v) is 13.1. The number of rotatable bonds is 9. The Morgan fingerprint density at radius 3 is 2.30 bits per heavy atom. The van der Waals surface area contributed by atoms with Gasteiger partial charge in [-0.1, -0.05) is 19.9 Å². The average molecular weight is 453 g/mol. The van der Waals surface area contributed by atoms with E-state index in [-0.39, 0.29) is 21.2 Å². The number of ether oxygens (including phenoxy) is 1. The predicted octanol–water partition coefficient (Wildman–Crippen LogP) is 3.41. The molecule has 0 saturated carbocycles. The van der Waals surface area contributed by atoms with Crippen LogP contribution in [0, 0.1) is 0 Å². The zero-order valence-electron chi connectivity index (χ0n) is 17.5. The van der Waals surface area contributed by atoms with Gasteiger partial charge in [-0.15, -0.1) is 0 Å². The van der Waals surface area contributed by atoms with Crippen molar-refractivity contribution in [3.8, 4) is 5.75 Å². The number of sulfonamides is 2. The number of anilines is 1. The molecular weight excluding hydrogens is 424 g/mol. The lowest BCUT2D eigenvalue weighted by Crippen LogP contribution is -2.31. The lowest BCUT2D eigenvalue weighted by Gasteiger charge is -2.21. The van der Waals surface area contributed by atoms with Crippen LogP contribution >= 0.6 is 0 Å². The van der Waals surface area contributed by atoms with Crippen LogP contribution in [0.1, 0.15) is 38.3 Å². The minimum absolute atomic E-state index is 0.0535. The van der Waals surface area contributed by atoms with Gasteiger partial charge in [0.15, 0.2) is 0 Å². The topological polar surface area (TPSA) is 92.8 Å². The van der Waals surface area contributed by atoms with Gasteiger partial charge in [0.1, 0.15) is 10.6 Å². The molecule has 0 spiro atoms. The highest BCUT2D eigenvalue weighted by molar-refractivity contribution is 7.92. The molecule has 0 atom stereocenters. The van der Waals surface area contributed by atoms with Crippen LogP contribution in [-0.2, 0) is 32.9 Å². The Morgan fingerprint density at radius 2 is 1.63 bits per heavy atom. The Hall–Kier alpha value is -2.10. The summed E-state index contributed by atoms with van der Waals surface area (Å²) in [5.41, 5.74) is 2.40. The molecule has 0 amide bonds. The molecule has 0 aromatic heterocycles. The molecule has 2 aromatic carbocycles. The minimum Gasteiger partial charge on any atom is -0.492 e. The second-order valence-electron chi connectivity index (χ2n) is 7.07. The number of nitrogens with one attached hydrogen (secondary N) is 1. The fourth-order valence-electron chi connectivity index (χ4n) is 3.68. The maximum atomic E-state index is 13.1. The van der Waals surface area contributed by atoms with Crippen LogP contribution < -0.4 is 9.46 Å². The van der Waals surface area contributed by atoms with E-state index in [9.17, 15) is 16.8 Å². The first-order valence-electron chi connectivity index (χ1n) is 10.1. The van der Waals surface area contributed by atoms with Gasteiger partial charge in [0, 0.05) is 13.1 Å². The normalized spacial score (nSPS) is 14.0. The second kappa shape index (κ2) is 8.95. The van der Waals surface area contributed by atoms with Crippen molar-refractivity contribution in [1.29, 1.82) is 0 Å². The summed E-state index contributed by atoms with van der Waals surface area (Å²) in [6.07, 6.45) is 2.86. The molecule has 3 rings (SSSR count). The standard InChI is InChI=1S/C21H28N2O5S2/c1-4-23(5-2)30(26,27)21-15-18(11-13-20(21)28-6-3)22-29(24,25)19-12-10-16-8-7-9-17(16)14-19/h10-15,22H,4-9H2,1-3H3. The van der Waals surface area contributed by atoms with Crippen LogP contribution in [0.3, 0.4) is 0 Å². The van der Waals surface area contributed by atoms with Crippen LogP contribution in [0.2, 0.25) is 0 Å². The van der Waals surface area contributed by atoms with Crippen LogP contribution in [0.15, 0.2) is 46.2 Å². The maximum Gasteiger partial charge on any atom is 0.261 e. The monoisotopic (exact) mass is 452 g/mol. The van der Waals surface area contributed by atoms with Crippen molar-refractivity contribution in [1.82, 2.24) is 4.31 Å². The van der Waals surface area contributed by atoms with E-state index in [2.05, 4.69) is 4.72 Å². The first-order chi connectivity index (χ1) is 14.2. The third-order valence-corrected chi connectivity index (χ3v) is 8.65. The Morgan fingerprint density at radius 1 is 0.933 bits per heavy atom. The molecule has 0 unspecified atom stereocenters. The Balaban J connectivity index is 1.98. The highest BCUT2D eigenvalue weighted by Crippen LogP contribution is 2.31. The lowest BCUT2D eigenvalue weighted by atomic mass is 10.1. The Bertz CT molecular complexity index is 1120. The summed E-state index contributed by atoms with van der Waals surface area (Å²) < 4.78 is 61.3. The van der Waals surface area contributed by atoms with E-state index in [0.717, 1.165) is 24.8 Å². The summed E-state index contributed by atoms with van der Waals surface area (Å²) in [5, 5.41) is 0. The molecule has 9 heteroatoms. The van der Waals surface area contributed by atoms with Gasteiger partial charge in [-0.3, -0.25) is 4.72 Å². The van der Waals surface area contributed by atoms with Gasteiger partial charge in [-0.05, 0) is 67.6 Å². The third kappa shape index (κ3) is 4.48. The van der Waals surface area contributed by atoms with Crippen LogP contribution in [0.5, 0.6) is 5.75 Å². The van der Waals surface area contributed by atoms with Crippen molar-refractivity contribution in [3.63, 3.8) is 0 Å². The second-order valence-corrected chi connectivity index (χ2v) is 10.7. The number of nitrogens with zero attached hydrogens (tertiary/aromatic N) is 1. The number of aryl methyl sites for hydroxylation is 2. The first kappa shape index (κ1) is 22.6. The van der Waals surface area contributed by atoms with E-state index in [1.165, 1.54) is 28.1 Å². The summed E-state index contributed by atoms with van der Waals surface area (Å²) in [7, 11) is -7.68. The summed E-state index contributed by atoms with van der Waals surface area (Å²) in [6.45, 7) is 6.16. The molecule has 0 saturated heterocycles. The number of benzene rings is 2. The van der Waals surface area contributed by atoms with E-state index < -0.39 is 20.0 Å². The molecule has 0 aliphatic heterocycles. The van der Waals surface area contributed by atoms with Gasteiger partial charge in [-0.2, -0.15) is 4.31 Å². The smallest absolute Gasteiger partial charge is 0.261 e. The van der Waals surface area contributed by atoms with Crippen molar-refractivity contribution < 1.29 is 21.6 Å². The van der Waals surface area contributed by atoms with Gasteiger partial charge in [0.2, 0.25) is 10.0 Å². The quantitative estimate of drug-likeness (QED) is 0.629. The molecule has 1 N–H and O–H groups in total. The zero-order chi connectivity index (χ0) is 21.9. The van der Waals surface area contributed by atoms with Gasteiger partial charge >= 0.3 is 0 Å². The molecule has 0 bridgehead atoms. The SMILES string of the molecule is CCOc1ccc(NS(=O)(=O)c2ccc3c(c2)CCC3)cc1S(=O)(=O)N(CC)CC. The largest absolute Gasteiger partial charge is 0.492 e. The van der Waals surface area contributed by atoms with Crippen molar-refractivity contribution in [2.24, 2.45) is 0 Å². The number of hydrogen-bond donors (Lipinski definition) is 1. The zero-order valence-corrected chi connectivity index (χ0v) is 19.1. The molecule has 0 fully saturated rings. The highest BCUT2D eigenvalue weighted by Gasteiger charge is 2.27. The van der Waals surface area contributed by atoms with E-state index in [1.54, 1.807) is 32.9 Å². The average Bonchev–Trinajstić information content (AvgIpc) is 3.17. The lowest BCUT2D eigenvalue weighted by molar-refractivity contribution is 0.329. The Kier molecular flexibility index (Phi) is 6.74. The van der Waals surface area contributed by atoms with Crippen molar-refractivity contribution in [3.05, 3.63) is 47.5 Å². The van der Waals surface area contributed by atoms with Gasteiger partial charge in [0.05, 0.1) is 17.2 Å². The van der Waals surface area contributed by atoms with E-state index in [1.807, 2.05) is 6.07 Å². The van der Waals surface area contributed by atoms with Crippen molar-refractivity contribution in [2.45, 2.75) is 49.8 Å². The fraction of sp³-hybridized carbons (Fsp3) is 0.429. The Labute approximate surface area is 179 Å². The molecule has 0 heterocycles. The summed E-state index contributed by atoms with van der Waals surface area (Å²) in [6, 6.07) is 9.47. The predicted molar refractivity (Wildman–Crippen MR) is 117 cm³/mol. The number of hydrogen-bond acceptors (Lipinski definition) is 5. The minimum atomic E-state index is -3.85. The van der Waals surface area contributed by atoms with Crippen LogP contribution in [-0.4, -0.2) is 40.8 Å². The number of fused-ring (bicyclic) bond motifs is 1. The highest BCUT2D eigenvalue weighted by atomic mass is 32.2. The van der Waals surface area contributed by atoms with Crippen LogP contribution in [0.4, 0.5) is 5.69 Å². The fourth-order valence-corrected chi connectivity index (χ4v) is 6.39. The third-order valence-electron chi connectivity index (χ3n) is 5.20. The van der Waals surface area contributed by atoms with E-state index >= 15 is 0 Å². The van der Waals surface area contributed by atoms with Crippen LogP contribution in [0.25, 0.3) is 0 Å². The van der Waals surface area contributed by atoms with Crippen molar-refractivity contribution in [2.75, 3.05) is 24.4 Å². The molecule has 1 aliphatic carbocycles. The molecule has 1 aliphatic rings. The molecule has 7 nitrogen and oxygen atoms in total. The summed E-state index contributed by atoms with van der Waals surface area (Å²) in [5.74, 6) is 0.199. The molecule has 164 valence electrons. The maximum absolute atomic E-state index is 13.1. The molecule has 2 aromatic rings. The van der Waals surface area contributed by atoms with Gasteiger partial charge in [0.25, 0.3) is 10.0 Å². The van der Waals surface area contributed by atoms with E-state index in [0.29, 0.717) is 19.7 Å². The van der Waals surface area contributed by atoms with Crippen molar-refractivity contribution >= 4 is 25.7 Å². The molecule has 0 radical (unpaired) electrons. The van der Waals surface area contributed by atoms with Gasteiger partial charge in [-0.25, -0.2) is 16.8 Å². The molecular formula is C21H28N2O5S2. The molecule has 30 heavy (non-hydrogen) atoms.